The number of halogens is 2. The Bertz CT molecular complexity index is 1250. The Morgan fingerprint density at radius 2 is 1.95 bits per heavy atom. The molecule has 5 rings (SSSR count). The zero-order valence-corrected chi connectivity index (χ0v) is 21.8. The predicted molar refractivity (Wildman–Crippen MR) is 141 cm³/mol. The first-order valence-corrected chi connectivity index (χ1v) is 13.0. The second-order valence-corrected chi connectivity index (χ2v) is 9.85. The second kappa shape index (κ2) is 11.5. The van der Waals surface area contributed by atoms with Gasteiger partial charge in [-0.3, -0.25) is 4.79 Å². The topological polar surface area (TPSA) is 102 Å². The fraction of sp³-hybridized carbons (Fsp3) is 0.385. The van der Waals surface area contributed by atoms with Gasteiger partial charge in [-0.1, -0.05) is 39.6 Å². The summed E-state index contributed by atoms with van der Waals surface area (Å²) in [5.41, 5.74) is 3.02. The van der Waals surface area contributed by atoms with Crippen LogP contribution in [0.25, 0.3) is 11.3 Å². The summed E-state index contributed by atoms with van der Waals surface area (Å²) in [6, 6.07) is 9.25. The summed E-state index contributed by atoms with van der Waals surface area (Å²) in [7, 11) is 1.70. The summed E-state index contributed by atoms with van der Waals surface area (Å²) in [6.45, 7) is 2.31. The molecule has 2 aromatic heterocycles. The van der Waals surface area contributed by atoms with E-state index in [1.807, 2.05) is 18.2 Å². The predicted octanol–water partition coefficient (Wildman–Crippen LogP) is 5.16. The lowest BCUT2D eigenvalue weighted by Gasteiger charge is -2.32. The van der Waals surface area contributed by atoms with Gasteiger partial charge in [-0.15, -0.1) is 0 Å². The molecule has 9 nitrogen and oxygen atoms in total. The molecule has 3 heterocycles. The maximum absolute atomic E-state index is 10.4. The molecular formula is C26H27Cl2N5O4. The van der Waals surface area contributed by atoms with Gasteiger partial charge in [0.05, 0.1) is 22.8 Å². The number of nitrogens with one attached hydrogen (secondary N) is 1. The number of piperidine rings is 1. The van der Waals surface area contributed by atoms with Crippen LogP contribution in [-0.4, -0.2) is 48.7 Å². The first kappa shape index (κ1) is 25.5. The highest BCUT2D eigenvalue weighted by atomic mass is 35.5. The van der Waals surface area contributed by atoms with Gasteiger partial charge in [-0.25, -0.2) is 4.98 Å². The minimum absolute atomic E-state index is 0.107. The third kappa shape index (κ3) is 5.74. The van der Waals surface area contributed by atoms with Crippen LogP contribution in [0.2, 0.25) is 10.0 Å². The van der Waals surface area contributed by atoms with Crippen molar-refractivity contribution in [3.63, 3.8) is 0 Å². The first-order valence-electron chi connectivity index (χ1n) is 12.2. The van der Waals surface area contributed by atoms with Gasteiger partial charge in [-0.05, 0) is 49.9 Å². The van der Waals surface area contributed by atoms with Crippen LogP contribution in [0, 0.1) is 0 Å². The van der Waals surface area contributed by atoms with E-state index < -0.39 is 0 Å². The van der Waals surface area contributed by atoms with E-state index in [-0.39, 0.29) is 12.6 Å². The van der Waals surface area contributed by atoms with Crippen molar-refractivity contribution in [1.29, 1.82) is 0 Å². The zero-order chi connectivity index (χ0) is 25.8. The summed E-state index contributed by atoms with van der Waals surface area (Å²) in [5, 5.41) is 12.0. The van der Waals surface area contributed by atoms with Crippen molar-refractivity contribution in [1.82, 2.24) is 15.5 Å². The summed E-state index contributed by atoms with van der Waals surface area (Å²) in [4.78, 5) is 21.7. The number of aromatic nitrogens is 2. The first-order chi connectivity index (χ1) is 18.1. The van der Waals surface area contributed by atoms with Gasteiger partial charge < -0.3 is 24.3 Å². The Morgan fingerprint density at radius 3 is 2.57 bits per heavy atom. The molecule has 0 amide bonds. The lowest BCUT2D eigenvalue weighted by molar-refractivity contribution is -0.128. The molecule has 0 unspecified atom stereocenters. The number of nitrogens with zero attached hydrogens (tertiary/aromatic N) is 4. The maximum Gasteiger partial charge on any atom is 0.323 e. The number of benzene rings is 1. The van der Waals surface area contributed by atoms with E-state index in [1.54, 1.807) is 25.4 Å². The molecule has 3 aromatic rings. The molecule has 1 aliphatic carbocycles. The van der Waals surface area contributed by atoms with Crippen LogP contribution in [0.15, 0.2) is 46.2 Å². The molecule has 0 spiro atoms. The number of ether oxygens (including phenoxy) is 1. The summed E-state index contributed by atoms with van der Waals surface area (Å²) in [5.74, 6) is 2.57. The molecular weight excluding hydrogens is 517 g/mol. The van der Waals surface area contributed by atoms with Gasteiger partial charge in [0.25, 0.3) is 0 Å². The Morgan fingerprint density at radius 1 is 1.19 bits per heavy atom. The van der Waals surface area contributed by atoms with Gasteiger partial charge in [0.2, 0.25) is 0 Å². The number of carbonyl (C=O) groups is 1. The third-order valence-electron chi connectivity index (χ3n) is 6.64. The van der Waals surface area contributed by atoms with E-state index in [4.69, 9.17) is 32.5 Å². The smallest absolute Gasteiger partial charge is 0.323 e. The average molecular weight is 544 g/mol. The van der Waals surface area contributed by atoms with E-state index in [1.165, 1.54) is 0 Å². The molecule has 1 aromatic carbocycles. The SMILES string of the molecule is CN/C(=N\OC=O)c1ccc(N2CCC(OCc3c(-c4c(Cl)cccc4Cl)noc3C3CC3)CC2)nc1. The van der Waals surface area contributed by atoms with Crippen LogP contribution in [0.5, 0.6) is 0 Å². The van der Waals surface area contributed by atoms with Crippen LogP contribution >= 0.6 is 23.2 Å². The Labute approximate surface area is 224 Å². The van der Waals surface area contributed by atoms with E-state index in [0.29, 0.717) is 39.7 Å². The molecule has 0 atom stereocenters. The molecule has 37 heavy (non-hydrogen) atoms. The molecule has 0 radical (unpaired) electrons. The van der Waals surface area contributed by atoms with Crippen LogP contribution in [0.1, 0.15) is 48.5 Å². The fourth-order valence-electron chi connectivity index (χ4n) is 4.53. The number of rotatable bonds is 9. The number of hydrogen-bond acceptors (Lipinski definition) is 8. The van der Waals surface area contributed by atoms with Crippen LogP contribution in [0.3, 0.4) is 0 Å². The Hall–Kier alpha value is -3.14. The average Bonchev–Trinajstić information content (AvgIpc) is 3.68. The van der Waals surface area contributed by atoms with Crippen LogP contribution in [0.4, 0.5) is 5.82 Å². The number of amidine groups is 1. The zero-order valence-electron chi connectivity index (χ0n) is 20.3. The van der Waals surface area contributed by atoms with Crippen molar-refractivity contribution in [2.75, 3.05) is 25.0 Å². The quantitative estimate of drug-likeness (QED) is 0.130. The summed E-state index contributed by atoms with van der Waals surface area (Å²) >= 11 is 12.9. The van der Waals surface area contributed by atoms with Crippen molar-refractivity contribution in [2.45, 2.75) is 44.3 Å². The molecule has 1 saturated heterocycles. The van der Waals surface area contributed by atoms with Crippen molar-refractivity contribution in [3.05, 3.63) is 63.5 Å². The van der Waals surface area contributed by atoms with E-state index in [9.17, 15) is 4.79 Å². The number of oxime groups is 1. The monoisotopic (exact) mass is 543 g/mol. The standard InChI is InChI=1S/C26H27Cl2N5O4/c1-29-26(32-36-15-34)17-7-8-22(30-13-17)33-11-9-18(10-12-33)35-14-19-24(31-37-25(19)16-5-6-16)23-20(27)3-2-4-21(23)28/h2-4,7-8,13,15-16,18H,5-6,9-12,14H2,1H3,(H,29,32). The molecule has 194 valence electrons. The van der Waals surface area contributed by atoms with Crippen molar-refractivity contribution < 1.29 is 18.9 Å². The normalized spacial score (nSPS) is 16.6. The Kier molecular flexibility index (Phi) is 7.93. The highest BCUT2D eigenvalue weighted by Crippen LogP contribution is 2.46. The third-order valence-corrected chi connectivity index (χ3v) is 7.27. The van der Waals surface area contributed by atoms with E-state index in [0.717, 1.165) is 61.5 Å². The number of pyridine rings is 1. The lowest BCUT2D eigenvalue weighted by Crippen LogP contribution is -2.37. The number of carbonyl (C=O) groups excluding carboxylic acids is 1. The Balaban J connectivity index is 1.22. The minimum atomic E-state index is 0.107. The van der Waals surface area contributed by atoms with Gasteiger partial charge in [0.15, 0.2) is 5.84 Å². The maximum atomic E-state index is 10.4. The molecule has 1 aliphatic heterocycles. The van der Waals surface area contributed by atoms with Gasteiger partial charge in [0, 0.05) is 48.9 Å². The van der Waals surface area contributed by atoms with Gasteiger partial charge in [0.1, 0.15) is 17.3 Å². The fourth-order valence-corrected chi connectivity index (χ4v) is 5.11. The van der Waals surface area contributed by atoms with Crippen LogP contribution < -0.4 is 10.2 Å². The highest BCUT2D eigenvalue weighted by Gasteiger charge is 2.34. The molecule has 11 heteroatoms. The molecule has 0 bridgehead atoms. The summed E-state index contributed by atoms with van der Waals surface area (Å²) < 4.78 is 12.1. The van der Waals surface area contributed by atoms with Crippen molar-refractivity contribution in [2.24, 2.45) is 5.16 Å². The molecule has 2 fully saturated rings. The highest BCUT2D eigenvalue weighted by molar-refractivity contribution is 6.39. The largest absolute Gasteiger partial charge is 0.373 e. The second-order valence-electron chi connectivity index (χ2n) is 9.04. The number of anilines is 1. The van der Waals surface area contributed by atoms with E-state index in [2.05, 4.69) is 30.4 Å². The molecule has 2 aliphatic rings. The van der Waals surface area contributed by atoms with Crippen molar-refractivity contribution >= 4 is 41.3 Å². The van der Waals surface area contributed by atoms with Crippen molar-refractivity contribution in [3.8, 4) is 11.3 Å². The summed E-state index contributed by atoms with van der Waals surface area (Å²) in [6.07, 6.45) is 5.73. The van der Waals surface area contributed by atoms with E-state index >= 15 is 0 Å². The number of hydrogen-bond donors (Lipinski definition) is 1. The van der Waals surface area contributed by atoms with Gasteiger partial charge >= 0.3 is 6.47 Å². The lowest BCUT2D eigenvalue weighted by atomic mass is 10.0. The molecule has 1 saturated carbocycles. The van der Waals surface area contributed by atoms with Gasteiger partial charge in [-0.2, -0.15) is 0 Å². The minimum Gasteiger partial charge on any atom is -0.373 e. The van der Waals surface area contributed by atoms with Crippen LogP contribution in [-0.2, 0) is 21.0 Å². The molecule has 1 N–H and O–H groups in total.